The minimum Gasteiger partial charge on any atom is -0.462 e. The molecule has 81 heavy (non-hydrogen) atoms. The van der Waals surface area contributed by atoms with Gasteiger partial charge in [0, 0.05) is 19.3 Å². The summed E-state index contributed by atoms with van der Waals surface area (Å²) >= 11 is 0. The van der Waals surface area contributed by atoms with Gasteiger partial charge in [-0.25, -0.2) is 0 Å². The molecule has 0 spiro atoms. The Labute approximate surface area is 497 Å². The molecule has 0 rings (SSSR count). The smallest absolute Gasteiger partial charge is 0.306 e. The van der Waals surface area contributed by atoms with Crippen molar-refractivity contribution >= 4 is 17.9 Å². The van der Waals surface area contributed by atoms with E-state index >= 15 is 0 Å². The maximum absolute atomic E-state index is 12.9. The highest BCUT2D eigenvalue weighted by Gasteiger charge is 2.19. The van der Waals surface area contributed by atoms with E-state index in [-0.39, 0.29) is 50.4 Å². The Hall–Kier alpha value is -5.49. The Morgan fingerprint density at radius 1 is 0.259 bits per heavy atom. The Morgan fingerprint density at radius 2 is 0.494 bits per heavy atom. The maximum Gasteiger partial charge on any atom is 0.306 e. The summed E-state index contributed by atoms with van der Waals surface area (Å²) in [4.78, 5) is 38.3. The number of allylic oxidation sites excluding steroid dienone is 30. The topological polar surface area (TPSA) is 78.9 Å². The van der Waals surface area contributed by atoms with Crippen LogP contribution in [0.2, 0.25) is 0 Å². The summed E-state index contributed by atoms with van der Waals surface area (Å²) in [6.45, 7) is 6.29. The molecule has 0 saturated carbocycles. The third-order valence-corrected chi connectivity index (χ3v) is 12.9. The summed E-state index contributed by atoms with van der Waals surface area (Å²) in [7, 11) is 0. The molecule has 0 aromatic carbocycles. The first-order valence-electron chi connectivity index (χ1n) is 32.3. The van der Waals surface area contributed by atoms with Crippen LogP contribution in [0.15, 0.2) is 182 Å². The van der Waals surface area contributed by atoms with Crippen molar-refractivity contribution in [1.29, 1.82) is 0 Å². The molecule has 0 aliphatic rings. The predicted molar refractivity (Wildman–Crippen MR) is 352 cm³/mol. The van der Waals surface area contributed by atoms with Gasteiger partial charge in [-0.1, -0.05) is 267 Å². The van der Waals surface area contributed by atoms with E-state index in [4.69, 9.17) is 14.2 Å². The fourth-order valence-corrected chi connectivity index (χ4v) is 8.12. The van der Waals surface area contributed by atoms with Crippen LogP contribution < -0.4 is 0 Å². The molecule has 0 radical (unpaired) electrons. The molecule has 0 heterocycles. The van der Waals surface area contributed by atoms with E-state index in [2.05, 4.69) is 203 Å². The molecule has 0 amide bonds. The van der Waals surface area contributed by atoms with E-state index in [1.165, 1.54) is 64.2 Å². The molecule has 0 fully saturated rings. The minimum absolute atomic E-state index is 0.138. The standard InChI is InChI=1S/C75H116O6/c1-4-7-10-13-16-19-22-25-28-31-33-35-37-39-41-44-47-50-53-56-59-62-65-68-74(77)80-71-72(70-79-73(76)67-64-61-58-55-52-49-46-43-30-27-24-21-18-15-12-9-6-3)81-75(78)69-66-63-60-57-54-51-48-45-42-40-38-36-34-32-29-26-23-20-17-14-11-8-5-2/h7,9-10,12,16,18-19,21,23,25-28,30,32-35,38-41,46-47,49-50,55-56,58-59,72H,4-6,8,11,13-15,17,20,22,24,29,31,36-37,42-45,48,51-54,57,60-71H2,1-3H3/b10-7-,12-9-,19-16-,21-18-,26-23-,28-25-,30-27-,34-32-,35-33-,40-38-,41-39-,49-46-,50-47-,58-55-,59-56-. The fourth-order valence-electron chi connectivity index (χ4n) is 8.12. The van der Waals surface area contributed by atoms with Crippen LogP contribution in [-0.4, -0.2) is 37.2 Å². The Balaban J connectivity index is 4.60. The van der Waals surface area contributed by atoms with Crippen LogP contribution in [0.4, 0.5) is 0 Å². The molecule has 6 nitrogen and oxygen atoms in total. The quantitative estimate of drug-likeness (QED) is 0.0261. The first kappa shape index (κ1) is 75.5. The van der Waals surface area contributed by atoms with Crippen LogP contribution in [-0.2, 0) is 28.6 Å². The van der Waals surface area contributed by atoms with Crippen molar-refractivity contribution in [3.63, 3.8) is 0 Å². The number of ether oxygens (including phenoxy) is 3. The van der Waals surface area contributed by atoms with Crippen LogP contribution >= 0.6 is 0 Å². The maximum atomic E-state index is 12.9. The van der Waals surface area contributed by atoms with Crippen LogP contribution in [0.1, 0.15) is 252 Å². The zero-order valence-corrected chi connectivity index (χ0v) is 51.7. The van der Waals surface area contributed by atoms with E-state index in [0.29, 0.717) is 12.8 Å². The normalized spacial score (nSPS) is 13.4. The Kier molecular flexibility index (Phi) is 62.5. The average molecular weight is 1110 g/mol. The zero-order chi connectivity index (χ0) is 58.5. The van der Waals surface area contributed by atoms with Gasteiger partial charge in [0.25, 0.3) is 0 Å². The van der Waals surface area contributed by atoms with Gasteiger partial charge in [0.15, 0.2) is 6.10 Å². The minimum atomic E-state index is -0.842. The molecule has 0 aromatic heterocycles. The van der Waals surface area contributed by atoms with Crippen LogP contribution in [0.5, 0.6) is 0 Å². The Morgan fingerprint density at radius 3 is 0.790 bits per heavy atom. The van der Waals surface area contributed by atoms with E-state index in [1.807, 2.05) is 0 Å². The molecule has 1 unspecified atom stereocenters. The van der Waals surface area contributed by atoms with Crippen molar-refractivity contribution < 1.29 is 28.6 Å². The lowest BCUT2D eigenvalue weighted by Gasteiger charge is -2.18. The molecule has 0 aliphatic heterocycles. The van der Waals surface area contributed by atoms with Crippen molar-refractivity contribution in [1.82, 2.24) is 0 Å². The fraction of sp³-hybridized carbons (Fsp3) is 0.560. The molecule has 0 aromatic rings. The molecule has 6 heteroatoms. The van der Waals surface area contributed by atoms with Crippen molar-refractivity contribution in [3.8, 4) is 0 Å². The lowest BCUT2D eigenvalue weighted by atomic mass is 10.1. The number of esters is 3. The summed E-state index contributed by atoms with van der Waals surface area (Å²) in [6.07, 6.45) is 100. The molecular formula is C75H116O6. The van der Waals surface area contributed by atoms with Crippen molar-refractivity contribution in [2.24, 2.45) is 0 Å². The van der Waals surface area contributed by atoms with Crippen molar-refractivity contribution in [2.75, 3.05) is 13.2 Å². The van der Waals surface area contributed by atoms with Gasteiger partial charge in [-0.05, 0) is 148 Å². The van der Waals surface area contributed by atoms with E-state index in [0.717, 1.165) is 135 Å². The first-order chi connectivity index (χ1) is 40.0. The summed E-state index contributed by atoms with van der Waals surface area (Å²) in [6, 6.07) is 0. The lowest BCUT2D eigenvalue weighted by molar-refractivity contribution is -0.167. The second-order valence-corrected chi connectivity index (χ2v) is 20.5. The van der Waals surface area contributed by atoms with Crippen LogP contribution in [0.3, 0.4) is 0 Å². The lowest BCUT2D eigenvalue weighted by Crippen LogP contribution is -2.30. The molecule has 452 valence electrons. The number of hydrogen-bond donors (Lipinski definition) is 0. The van der Waals surface area contributed by atoms with Gasteiger partial charge in [0.05, 0.1) is 0 Å². The second kappa shape index (κ2) is 67.0. The number of rotatable bonds is 56. The molecule has 0 saturated heterocycles. The van der Waals surface area contributed by atoms with Crippen LogP contribution in [0.25, 0.3) is 0 Å². The SMILES string of the molecule is CC/C=C\C/C=C\C/C=C\C/C=C\C/C=C\C/C=C\C/C=C\CCCC(=O)OCC(COC(=O)CCC/C=C\C/C=C\C/C=C\C/C=C\C/C=C\CC)OC(=O)CCCCCCCCCC/C=C\C/C=C\C/C=C\CCCCCCC. The number of hydrogen-bond acceptors (Lipinski definition) is 6. The molecule has 0 N–H and O–H groups in total. The molecular weight excluding hydrogens is 997 g/mol. The Bertz CT molecular complexity index is 1900. The highest BCUT2D eigenvalue weighted by molar-refractivity contribution is 5.71. The van der Waals surface area contributed by atoms with E-state index in [1.54, 1.807) is 0 Å². The average Bonchev–Trinajstić information content (AvgIpc) is 3.47. The van der Waals surface area contributed by atoms with E-state index in [9.17, 15) is 14.4 Å². The monoisotopic (exact) mass is 1110 g/mol. The number of carbonyl (C=O) groups excluding carboxylic acids is 3. The molecule has 0 bridgehead atoms. The first-order valence-corrected chi connectivity index (χ1v) is 32.3. The van der Waals surface area contributed by atoms with Gasteiger partial charge in [0.1, 0.15) is 13.2 Å². The zero-order valence-electron chi connectivity index (χ0n) is 51.7. The van der Waals surface area contributed by atoms with Gasteiger partial charge in [-0.15, -0.1) is 0 Å². The summed E-state index contributed by atoms with van der Waals surface area (Å²) < 4.78 is 16.8. The largest absolute Gasteiger partial charge is 0.462 e. The summed E-state index contributed by atoms with van der Waals surface area (Å²) in [5.41, 5.74) is 0. The summed E-state index contributed by atoms with van der Waals surface area (Å²) in [5.74, 6) is -1.06. The van der Waals surface area contributed by atoms with Gasteiger partial charge in [-0.2, -0.15) is 0 Å². The highest BCUT2D eigenvalue weighted by Crippen LogP contribution is 2.13. The molecule has 0 aliphatic carbocycles. The third kappa shape index (κ3) is 65.2. The summed E-state index contributed by atoms with van der Waals surface area (Å²) in [5, 5.41) is 0. The van der Waals surface area contributed by atoms with Crippen LogP contribution in [0, 0.1) is 0 Å². The number of unbranched alkanes of at least 4 members (excludes halogenated alkanes) is 15. The van der Waals surface area contributed by atoms with E-state index < -0.39 is 6.10 Å². The highest BCUT2D eigenvalue weighted by atomic mass is 16.6. The van der Waals surface area contributed by atoms with Gasteiger partial charge in [-0.3, -0.25) is 14.4 Å². The molecule has 1 atom stereocenters. The predicted octanol–water partition coefficient (Wildman–Crippen LogP) is 22.4. The number of carbonyl (C=O) groups is 3. The van der Waals surface area contributed by atoms with Gasteiger partial charge < -0.3 is 14.2 Å². The second-order valence-electron chi connectivity index (χ2n) is 20.5. The van der Waals surface area contributed by atoms with Gasteiger partial charge >= 0.3 is 17.9 Å². The third-order valence-electron chi connectivity index (χ3n) is 12.9. The van der Waals surface area contributed by atoms with Gasteiger partial charge in [0.2, 0.25) is 0 Å². The van der Waals surface area contributed by atoms with Crippen molar-refractivity contribution in [2.45, 2.75) is 258 Å². The van der Waals surface area contributed by atoms with Crippen molar-refractivity contribution in [3.05, 3.63) is 182 Å².